The van der Waals surface area contributed by atoms with Crippen LogP contribution in [0.15, 0.2) is 23.5 Å². The number of carbonyl (C=O) groups is 3. The predicted molar refractivity (Wildman–Crippen MR) is 180 cm³/mol. The molecule has 0 aromatic carbocycles. The fraction of sp³-hybridized carbons (Fsp3) is 0.821. The summed E-state index contributed by atoms with van der Waals surface area (Å²) in [5, 5.41) is 6.67. The second-order valence-corrected chi connectivity index (χ2v) is 17.9. The number of ether oxygens (including phenoxy) is 1. The molecule has 0 aliphatic heterocycles. The van der Waals surface area contributed by atoms with Gasteiger partial charge in [0.1, 0.15) is 12.4 Å². The van der Waals surface area contributed by atoms with Gasteiger partial charge in [-0.2, -0.15) is 0 Å². The molecule has 45 heavy (non-hydrogen) atoms. The van der Waals surface area contributed by atoms with Crippen molar-refractivity contribution in [3.05, 3.63) is 23.5 Å². The quantitative estimate of drug-likeness (QED) is 0.205. The monoisotopic (exact) mass is 622 g/mol. The molecule has 5 aliphatic carbocycles. The Bertz CT molecular complexity index is 1260. The second-order valence-electron chi connectivity index (χ2n) is 17.9. The molecule has 4 saturated carbocycles. The number of allylic oxidation sites excluding steroid dienone is 2. The Labute approximate surface area is 273 Å². The zero-order chi connectivity index (χ0) is 33.3. The van der Waals surface area contributed by atoms with E-state index in [4.69, 9.17) is 4.74 Å². The summed E-state index contributed by atoms with van der Waals surface area (Å²) in [6, 6.07) is 0. The van der Waals surface area contributed by atoms with E-state index in [1.54, 1.807) is 0 Å². The van der Waals surface area contributed by atoms with Crippen molar-refractivity contribution in [3.8, 4) is 0 Å². The molecule has 0 aromatic rings. The molecule has 9 unspecified atom stereocenters. The van der Waals surface area contributed by atoms with E-state index in [0.717, 1.165) is 49.7 Å². The molecule has 4 fully saturated rings. The number of fused-ring (bicyclic) bond motifs is 7. The fourth-order valence-corrected chi connectivity index (χ4v) is 11.5. The van der Waals surface area contributed by atoms with Crippen molar-refractivity contribution in [1.82, 2.24) is 10.6 Å². The summed E-state index contributed by atoms with van der Waals surface area (Å²) in [6.45, 7) is 23.8. The highest BCUT2D eigenvalue weighted by Crippen LogP contribution is 2.70. The molecule has 5 rings (SSSR count). The van der Waals surface area contributed by atoms with Crippen LogP contribution in [0.5, 0.6) is 0 Å². The minimum Gasteiger partial charge on any atom is -0.495 e. The first-order valence-corrected chi connectivity index (χ1v) is 18.0. The highest BCUT2D eigenvalue weighted by Gasteiger charge is 2.65. The van der Waals surface area contributed by atoms with E-state index >= 15 is 0 Å². The van der Waals surface area contributed by atoms with Gasteiger partial charge in [-0.15, -0.1) is 0 Å². The minimum absolute atomic E-state index is 0.0166. The van der Waals surface area contributed by atoms with Gasteiger partial charge in [0.2, 0.25) is 5.91 Å². The minimum atomic E-state index is -0.701. The molecular weight excluding hydrogens is 560 g/mol. The Balaban J connectivity index is 1.41. The summed E-state index contributed by atoms with van der Waals surface area (Å²) >= 11 is 0. The molecule has 2 N–H and O–H groups in total. The van der Waals surface area contributed by atoms with Gasteiger partial charge in [-0.1, -0.05) is 55.0 Å². The van der Waals surface area contributed by atoms with Crippen LogP contribution in [0.4, 0.5) is 0 Å². The number of likely N-dealkylation sites (N-methyl/N-ethyl adjacent to an activating group) is 1. The van der Waals surface area contributed by atoms with Gasteiger partial charge in [0.15, 0.2) is 5.78 Å². The SMILES string of the molecule is C=C(CC(C)(C)C=O)OC1CCC2(C)C(CCC3(C)C4CCC5(NC(=O)C(C)(C)NC)CC(=O)C(C(C)C)=C5C4CCC32)C1C. The van der Waals surface area contributed by atoms with Crippen LogP contribution in [0.1, 0.15) is 127 Å². The summed E-state index contributed by atoms with van der Waals surface area (Å²) in [5.41, 5.74) is 1.08. The molecule has 0 heterocycles. The molecule has 0 bridgehead atoms. The topological polar surface area (TPSA) is 84.5 Å². The van der Waals surface area contributed by atoms with Gasteiger partial charge in [0.25, 0.3) is 0 Å². The third-order valence-electron chi connectivity index (χ3n) is 14.0. The van der Waals surface area contributed by atoms with E-state index in [1.807, 2.05) is 34.7 Å². The maximum absolute atomic E-state index is 13.7. The van der Waals surface area contributed by atoms with Crippen LogP contribution >= 0.6 is 0 Å². The van der Waals surface area contributed by atoms with Crippen molar-refractivity contribution < 1.29 is 19.1 Å². The summed E-state index contributed by atoms with van der Waals surface area (Å²) < 4.78 is 6.52. The van der Waals surface area contributed by atoms with Crippen molar-refractivity contribution in [1.29, 1.82) is 0 Å². The number of aldehydes is 1. The first-order valence-electron chi connectivity index (χ1n) is 18.0. The van der Waals surface area contributed by atoms with Gasteiger partial charge in [0, 0.05) is 18.3 Å². The number of Topliss-reactive ketones (excluding diaryl/α,β-unsaturated/α-hetero) is 1. The standard InChI is InChI=1S/C39H62N2O4/c1-23(2)32-29(43)21-39(41-34(44)36(7,8)40-11)19-15-28-26(33(32)39)12-13-31-37(9)18-16-30(45-24(3)20-35(5,6)22-42)25(4)27(37)14-17-38(28,31)10/h22-23,25-28,30-31,40H,3,12-21H2,1-2,4-11H3,(H,41,44). The van der Waals surface area contributed by atoms with Gasteiger partial charge >= 0.3 is 0 Å². The van der Waals surface area contributed by atoms with Crippen LogP contribution in [0.25, 0.3) is 0 Å². The Kier molecular flexibility index (Phi) is 8.89. The van der Waals surface area contributed by atoms with Crippen molar-refractivity contribution in [3.63, 3.8) is 0 Å². The first kappa shape index (κ1) is 34.4. The summed E-state index contributed by atoms with van der Waals surface area (Å²) in [6.07, 6.45) is 10.9. The average molecular weight is 623 g/mol. The maximum Gasteiger partial charge on any atom is 0.240 e. The molecule has 0 radical (unpaired) electrons. The molecular formula is C39H62N2O4. The third kappa shape index (κ3) is 5.57. The largest absolute Gasteiger partial charge is 0.495 e. The molecule has 0 saturated heterocycles. The normalized spacial score (nSPS) is 39.8. The molecule has 0 aromatic heterocycles. The second kappa shape index (κ2) is 11.6. The molecule has 6 nitrogen and oxygen atoms in total. The van der Waals surface area contributed by atoms with Crippen LogP contribution in [0, 0.1) is 51.8 Å². The zero-order valence-corrected chi connectivity index (χ0v) is 30.0. The predicted octanol–water partition coefficient (Wildman–Crippen LogP) is 7.57. The number of rotatable bonds is 9. The average Bonchev–Trinajstić information content (AvgIpc) is 3.26. The first-order chi connectivity index (χ1) is 20.9. The van der Waals surface area contributed by atoms with Crippen LogP contribution in [0.2, 0.25) is 0 Å². The van der Waals surface area contributed by atoms with Gasteiger partial charge in [-0.3, -0.25) is 9.59 Å². The highest BCUT2D eigenvalue weighted by atomic mass is 16.5. The van der Waals surface area contributed by atoms with Gasteiger partial charge in [-0.05, 0) is 130 Å². The number of ketones is 1. The lowest BCUT2D eigenvalue weighted by atomic mass is 9.38. The van der Waals surface area contributed by atoms with Crippen molar-refractivity contribution >= 4 is 18.0 Å². The molecule has 0 spiro atoms. The fourth-order valence-electron chi connectivity index (χ4n) is 11.5. The lowest BCUT2D eigenvalue weighted by Gasteiger charge is -2.67. The van der Waals surface area contributed by atoms with Crippen molar-refractivity contribution in [2.45, 2.75) is 144 Å². The Morgan fingerprint density at radius 3 is 2.27 bits per heavy atom. The van der Waals surface area contributed by atoms with E-state index in [1.165, 1.54) is 24.8 Å². The lowest BCUT2D eigenvalue weighted by molar-refractivity contribution is -0.180. The smallest absolute Gasteiger partial charge is 0.240 e. The molecule has 5 aliphatic rings. The highest BCUT2D eigenvalue weighted by molar-refractivity contribution is 6.02. The van der Waals surface area contributed by atoms with Crippen molar-refractivity contribution in [2.24, 2.45) is 51.8 Å². The molecule has 252 valence electrons. The lowest BCUT2D eigenvalue weighted by Crippen LogP contribution is -2.64. The van der Waals surface area contributed by atoms with Gasteiger partial charge in [0.05, 0.1) is 16.8 Å². The number of amides is 1. The third-order valence-corrected chi connectivity index (χ3v) is 14.0. The zero-order valence-electron chi connectivity index (χ0n) is 30.0. The van der Waals surface area contributed by atoms with Crippen LogP contribution in [-0.4, -0.2) is 42.2 Å². The summed E-state index contributed by atoms with van der Waals surface area (Å²) in [7, 11) is 1.83. The summed E-state index contributed by atoms with van der Waals surface area (Å²) in [5.74, 6) is 3.68. The van der Waals surface area contributed by atoms with E-state index < -0.39 is 16.5 Å². The van der Waals surface area contributed by atoms with E-state index in [2.05, 4.69) is 51.8 Å². The Hall–Kier alpha value is -1.95. The number of hydrogen-bond acceptors (Lipinski definition) is 5. The van der Waals surface area contributed by atoms with Crippen LogP contribution in [0.3, 0.4) is 0 Å². The molecule has 9 atom stereocenters. The Morgan fingerprint density at radius 2 is 1.64 bits per heavy atom. The number of hydrogen-bond donors (Lipinski definition) is 2. The number of carbonyl (C=O) groups excluding carboxylic acids is 3. The van der Waals surface area contributed by atoms with E-state index in [9.17, 15) is 14.4 Å². The molecule has 1 amide bonds. The van der Waals surface area contributed by atoms with E-state index in [0.29, 0.717) is 42.4 Å². The van der Waals surface area contributed by atoms with Crippen molar-refractivity contribution in [2.75, 3.05) is 7.05 Å². The van der Waals surface area contributed by atoms with Gasteiger partial charge in [-0.25, -0.2) is 0 Å². The van der Waals surface area contributed by atoms with Gasteiger partial charge < -0.3 is 20.2 Å². The van der Waals surface area contributed by atoms with Crippen LogP contribution in [-0.2, 0) is 19.1 Å². The van der Waals surface area contributed by atoms with E-state index in [-0.39, 0.29) is 34.5 Å². The summed E-state index contributed by atoms with van der Waals surface area (Å²) in [4.78, 5) is 38.9. The maximum atomic E-state index is 13.7. The number of nitrogens with one attached hydrogen (secondary N) is 2. The molecule has 6 heteroatoms. The Morgan fingerprint density at radius 1 is 1.02 bits per heavy atom. The van der Waals surface area contributed by atoms with Crippen LogP contribution < -0.4 is 10.6 Å².